The van der Waals surface area contributed by atoms with E-state index in [-0.39, 0.29) is 13.2 Å². The number of hydrogen-bond acceptors (Lipinski definition) is 7. The maximum atomic E-state index is 11.5. The van der Waals surface area contributed by atoms with Gasteiger partial charge in [-0.05, 0) is 13.8 Å². The van der Waals surface area contributed by atoms with Crippen molar-refractivity contribution >= 4 is 24.1 Å². The Balaban J connectivity index is 4.93. The summed E-state index contributed by atoms with van der Waals surface area (Å²) in [4.78, 5) is 37.1. The molecule has 0 amide bonds. The van der Waals surface area contributed by atoms with E-state index in [2.05, 4.69) is 14.5 Å². The number of nitrogens with zero attached hydrogens (tertiary/aromatic N) is 1. The van der Waals surface area contributed by atoms with Crippen LogP contribution < -0.4 is 0 Å². The number of carboxylic acid groups (broad SMARTS) is 1. The molecular weight excluding hydrogens is 258 g/mol. The quantitative estimate of drug-likeness (QED) is 0.339. The van der Waals surface area contributed by atoms with Gasteiger partial charge in [-0.25, -0.2) is 4.79 Å². The zero-order valence-corrected chi connectivity index (χ0v) is 10.7. The Morgan fingerprint density at radius 2 is 1.63 bits per heavy atom. The molecule has 8 heteroatoms. The summed E-state index contributed by atoms with van der Waals surface area (Å²) in [6.45, 7) is 2.50. The zero-order chi connectivity index (χ0) is 14.8. The highest BCUT2D eigenvalue weighted by molar-refractivity contribution is 6.09. The summed E-state index contributed by atoms with van der Waals surface area (Å²) >= 11 is 0. The van der Waals surface area contributed by atoms with Crippen LogP contribution in [0.2, 0.25) is 0 Å². The molecule has 0 saturated carbocycles. The summed E-state index contributed by atoms with van der Waals surface area (Å²) in [6, 6.07) is -1.44. The average molecular weight is 275 g/mol. The van der Waals surface area contributed by atoms with Gasteiger partial charge in [0.1, 0.15) is 0 Å². The standard InChI is InChI=1S/C11H17NO7/c1-3-18-10(16)7(11(17)19-4-2)5-12-8(6-13)9(14)15/h5,7-8,13H,3-4,6H2,1-2H3,(H,14,15)/t8-/m1/s1. The molecule has 0 rings (SSSR count). The topological polar surface area (TPSA) is 122 Å². The van der Waals surface area contributed by atoms with Gasteiger partial charge in [0.25, 0.3) is 0 Å². The molecule has 0 aliphatic carbocycles. The Morgan fingerprint density at radius 3 is 1.95 bits per heavy atom. The third kappa shape index (κ3) is 5.96. The van der Waals surface area contributed by atoms with Crippen molar-refractivity contribution in [1.29, 1.82) is 0 Å². The van der Waals surface area contributed by atoms with Gasteiger partial charge in [-0.15, -0.1) is 0 Å². The van der Waals surface area contributed by atoms with E-state index >= 15 is 0 Å². The van der Waals surface area contributed by atoms with E-state index in [1.807, 2.05) is 0 Å². The number of carboxylic acids is 1. The average Bonchev–Trinajstić information content (AvgIpc) is 2.34. The molecule has 0 fully saturated rings. The van der Waals surface area contributed by atoms with Crippen molar-refractivity contribution in [3.8, 4) is 0 Å². The first-order chi connectivity index (χ1) is 8.97. The molecule has 0 bridgehead atoms. The van der Waals surface area contributed by atoms with Crippen LogP contribution in [0.4, 0.5) is 0 Å². The van der Waals surface area contributed by atoms with Crippen LogP contribution in [0.25, 0.3) is 0 Å². The van der Waals surface area contributed by atoms with E-state index < -0.39 is 36.5 Å². The smallest absolute Gasteiger partial charge is 0.330 e. The predicted molar refractivity (Wildman–Crippen MR) is 63.8 cm³/mol. The fraction of sp³-hybridized carbons (Fsp3) is 0.636. The van der Waals surface area contributed by atoms with Crippen molar-refractivity contribution in [1.82, 2.24) is 0 Å². The first kappa shape index (κ1) is 17.0. The second kappa shape index (κ2) is 9.03. The van der Waals surface area contributed by atoms with Gasteiger partial charge in [-0.1, -0.05) is 0 Å². The number of aliphatic carboxylic acids is 1. The van der Waals surface area contributed by atoms with E-state index in [1.54, 1.807) is 13.8 Å². The number of ether oxygens (including phenoxy) is 2. The Bertz CT molecular complexity index is 335. The van der Waals surface area contributed by atoms with Crippen LogP contribution in [0.3, 0.4) is 0 Å². The van der Waals surface area contributed by atoms with Crippen molar-refractivity contribution in [2.45, 2.75) is 19.9 Å². The Hall–Kier alpha value is -1.96. The van der Waals surface area contributed by atoms with Gasteiger partial charge in [0.15, 0.2) is 12.0 Å². The third-order valence-corrected chi connectivity index (χ3v) is 1.95. The summed E-state index contributed by atoms with van der Waals surface area (Å²) in [7, 11) is 0. The lowest BCUT2D eigenvalue weighted by Crippen LogP contribution is -2.31. The predicted octanol–water partition coefficient (Wildman–Crippen LogP) is -0.755. The second-order valence-corrected chi connectivity index (χ2v) is 3.32. The molecule has 0 aliphatic rings. The number of carbonyl (C=O) groups excluding carboxylic acids is 2. The minimum Gasteiger partial charge on any atom is -0.480 e. The highest BCUT2D eigenvalue weighted by atomic mass is 16.6. The number of carbonyl (C=O) groups is 3. The maximum absolute atomic E-state index is 11.5. The van der Waals surface area contributed by atoms with Crippen LogP contribution in [0.1, 0.15) is 13.8 Å². The number of rotatable bonds is 8. The highest BCUT2D eigenvalue weighted by Gasteiger charge is 2.28. The molecule has 0 radical (unpaired) electrons. The van der Waals surface area contributed by atoms with Gasteiger partial charge in [-0.3, -0.25) is 14.6 Å². The molecule has 0 aromatic carbocycles. The minimum absolute atomic E-state index is 0.0605. The maximum Gasteiger partial charge on any atom is 0.330 e. The van der Waals surface area contributed by atoms with Crippen LogP contribution in [-0.4, -0.2) is 60.2 Å². The van der Waals surface area contributed by atoms with Crippen molar-refractivity contribution in [2.75, 3.05) is 19.8 Å². The molecule has 0 spiro atoms. The molecule has 0 saturated heterocycles. The van der Waals surface area contributed by atoms with E-state index in [9.17, 15) is 14.4 Å². The van der Waals surface area contributed by atoms with Crippen molar-refractivity contribution < 1.29 is 34.1 Å². The van der Waals surface area contributed by atoms with Gasteiger partial charge < -0.3 is 19.7 Å². The first-order valence-corrected chi connectivity index (χ1v) is 5.68. The number of aliphatic hydroxyl groups excluding tert-OH is 1. The number of esters is 2. The van der Waals surface area contributed by atoms with E-state index in [1.165, 1.54) is 0 Å². The Kier molecular flexibility index (Phi) is 8.10. The van der Waals surface area contributed by atoms with Gasteiger partial charge >= 0.3 is 17.9 Å². The second-order valence-electron chi connectivity index (χ2n) is 3.32. The van der Waals surface area contributed by atoms with Gasteiger partial charge in [0.2, 0.25) is 0 Å². The number of hydrogen-bond donors (Lipinski definition) is 2. The van der Waals surface area contributed by atoms with Gasteiger partial charge in [0.05, 0.1) is 19.8 Å². The molecule has 19 heavy (non-hydrogen) atoms. The largest absolute Gasteiger partial charge is 0.480 e. The number of aliphatic imine (C=N–C) groups is 1. The lowest BCUT2D eigenvalue weighted by molar-refractivity contribution is -0.157. The van der Waals surface area contributed by atoms with E-state index in [0.29, 0.717) is 0 Å². The van der Waals surface area contributed by atoms with Crippen LogP contribution in [0, 0.1) is 5.92 Å². The molecule has 0 aromatic rings. The fourth-order valence-electron chi connectivity index (χ4n) is 1.06. The summed E-state index contributed by atoms with van der Waals surface area (Å²) < 4.78 is 9.31. The molecule has 1 atom stereocenters. The summed E-state index contributed by atoms with van der Waals surface area (Å²) in [6.07, 6.45) is 0.824. The molecule has 2 N–H and O–H groups in total. The van der Waals surface area contributed by atoms with Crippen LogP contribution >= 0.6 is 0 Å². The van der Waals surface area contributed by atoms with E-state index in [0.717, 1.165) is 6.21 Å². The molecule has 0 aliphatic heterocycles. The highest BCUT2D eigenvalue weighted by Crippen LogP contribution is 2.03. The minimum atomic E-state index is -1.44. The van der Waals surface area contributed by atoms with Crippen molar-refractivity contribution in [3.05, 3.63) is 0 Å². The van der Waals surface area contributed by atoms with Crippen molar-refractivity contribution in [3.63, 3.8) is 0 Å². The lowest BCUT2D eigenvalue weighted by Gasteiger charge is -2.11. The van der Waals surface area contributed by atoms with Crippen LogP contribution in [0.5, 0.6) is 0 Å². The van der Waals surface area contributed by atoms with Gasteiger partial charge in [0, 0.05) is 6.21 Å². The molecule has 8 nitrogen and oxygen atoms in total. The summed E-state index contributed by atoms with van der Waals surface area (Å²) in [5, 5.41) is 17.4. The molecule has 108 valence electrons. The molecule has 0 aromatic heterocycles. The Morgan fingerprint density at radius 1 is 1.16 bits per heavy atom. The number of aliphatic hydroxyl groups is 1. The Labute approximate surface area is 110 Å². The zero-order valence-electron chi connectivity index (χ0n) is 10.7. The van der Waals surface area contributed by atoms with E-state index in [4.69, 9.17) is 10.2 Å². The van der Waals surface area contributed by atoms with Crippen LogP contribution in [0.15, 0.2) is 4.99 Å². The molecular formula is C11H17NO7. The van der Waals surface area contributed by atoms with Gasteiger partial charge in [-0.2, -0.15) is 0 Å². The van der Waals surface area contributed by atoms with Crippen LogP contribution in [-0.2, 0) is 23.9 Å². The SMILES string of the molecule is CCOC(=O)C(C=N[C@H](CO)C(=O)O)C(=O)OCC. The summed E-state index contributed by atoms with van der Waals surface area (Å²) in [5.74, 6) is -4.57. The first-order valence-electron chi connectivity index (χ1n) is 5.68. The monoisotopic (exact) mass is 275 g/mol. The molecule has 0 unspecified atom stereocenters. The third-order valence-electron chi connectivity index (χ3n) is 1.95. The van der Waals surface area contributed by atoms with Crippen molar-refractivity contribution in [2.24, 2.45) is 10.9 Å². The molecule has 0 heterocycles. The summed E-state index contributed by atoms with van der Waals surface area (Å²) in [5.41, 5.74) is 0. The normalized spacial score (nSPS) is 12.4. The lowest BCUT2D eigenvalue weighted by atomic mass is 10.1. The fourth-order valence-corrected chi connectivity index (χ4v) is 1.06.